The van der Waals surface area contributed by atoms with Gasteiger partial charge in [0.2, 0.25) is 0 Å². The molecule has 2 rings (SSSR count). The fourth-order valence-electron chi connectivity index (χ4n) is 1.72. The van der Waals surface area contributed by atoms with Gasteiger partial charge in [0.05, 0.1) is 20.3 Å². The maximum atomic E-state index is 10.4. The summed E-state index contributed by atoms with van der Waals surface area (Å²) in [6.45, 7) is 1.04. The maximum absolute atomic E-state index is 10.4. The van der Waals surface area contributed by atoms with E-state index in [1.165, 1.54) is 0 Å². The molecule has 2 aromatic rings. The Morgan fingerprint density at radius 3 is 2.71 bits per heavy atom. The zero-order valence-corrected chi connectivity index (χ0v) is 12.4. The first-order chi connectivity index (χ1) is 10.2. The van der Waals surface area contributed by atoms with E-state index in [0.29, 0.717) is 13.2 Å². The van der Waals surface area contributed by atoms with Gasteiger partial charge in [-0.1, -0.05) is 12.1 Å². The first kappa shape index (κ1) is 15.3. The highest BCUT2D eigenvalue weighted by molar-refractivity contribution is 7.10. The van der Waals surface area contributed by atoms with E-state index < -0.39 is 5.97 Å². The van der Waals surface area contributed by atoms with Gasteiger partial charge in [0.1, 0.15) is 5.75 Å². The monoisotopic (exact) mass is 304 g/mol. The Balaban J connectivity index is 1.81. The maximum Gasteiger partial charge on any atom is 0.328 e. The predicted octanol–water partition coefficient (Wildman–Crippen LogP) is 3.57. The third-order valence-corrected chi connectivity index (χ3v) is 3.69. The van der Waals surface area contributed by atoms with Crippen LogP contribution in [0.5, 0.6) is 5.75 Å². The molecule has 1 aromatic heterocycles. The minimum absolute atomic E-state index is 0.512. The first-order valence-electron chi connectivity index (χ1n) is 6.36. The third kappa shape index (κ3) is 5.06. The summed E-state index contributed by atoms with van der Waals surface area (Å²) in [4.78, 5) is 11.5. The van der Waals surface area contributed by atoms with E-state index in [1.54, 1.807) is 24.5 Å². The van der Waals surface area contributed by atoms with Crippen LogP contribution in [0.1, 0.15) is 16.0 Å². The summed E-state index contributed by atoms with van der Waals surface area (Å²) in [5.74, 6) is -0.120. The number of hydrogen-bond donors (Lipinski definition) is 1. The highest BCUT2D eigenvalue weighted by Gasteiger charge is 2.00. The lowest BCUT2D eigenvalue weighted by Gasteiger charge is -2.04. The molecule has 0 aliphatic rings. The van der Waals surface area contributed by atoms with Crippen LogP contribution in [0.3, 0.4) is 0 Å². The number of rotatable bonds is 7. The molecular formula is C16H16O4S. The number of thiophene rings is 1. The minimum Gasteiger partial charge on any atom is -0.497 e. The van der Waals surface area contributed by atoms with Crippen molar-refractivity contribution in [3.63, 3.8) is 0 Å². The van der Waals surface area contributed by atoms with Crippen molar-refractivity contribution in [3.8, 4) is 5.75 Å². The highest BCUT2D eigenvalue weighted by atomic mass is 32.1. The van der Waals surface area contributed by atoms with Gasteiger partial charge in [-0.3, -0.25) is 0 Å². The van der Waals surface area contributed by atoms with Crippen molar-refractivity contribution in [3.05, 3.63) is 57.8 Å². The van der Waals surface area contributed by atoms with Gasteiger partial charge in [0, 0.05) is 11.0 Å². The fourth-order valence-corrected chi connectivity index (χ4v) is 2.51. The van der Waals surface area contributed by atoms with E-state index in [0.717, 1.165) is 27.8 Å². The van der Waals surface area contributed by atoms with E-state index in [2.05, 4.69) is 0 Å². The van der Waals surface area contributed by atoms with Crippen molar-refractivity contribution in [2.45, 2.75) is 13.2 Å². The van der Waals surface area contributed by atoms with Gasteiger partial charge in [-0.25, -0.2) is 4.79 Å². The Morgan fingerprint density at radius 2 is 2.05 bits per heavy atom. The largest absolute Gasteiger partial charge is 0.497 e. The molecule has 0 atom stereocenters. The van der Waals surface area contributed by atoms with Gasteiger partial charge in [-0.15, -0.1) is 11.3 Å². The Kier molecular flexibility index (Phi) is 5.54. The van der Waals surface area contributed by atoms with E-state index in [-0.39, 0.29) is 0 Å². The van der Waals surface area contributed by atoms with Gasteiger partial charge in [-0.05, 0) is 40.8 Å². The minimum atomic E-state index is -0.946. The predicted molar refractivity (Wildman–Crippen MR) is 82.5 cm³/mol. The summed E-state index contributed by atoms with van der Waals surface area (Å²) >= 11 is 1.55. The number of carboxylic acid groups (broad SMARTS) is 1. The van der Waals surface area contributed by atoms with Gasteiger partial charge in [0.25, 0.3) is 0 Å². The molecule has 21 heavy (non-hydrogen) atoms. The molecule has 0 unspecified atom stereocenters. The molecule has 0 fully saturated rings. The molecule has 1 N–H and O–H groups in total. The zero-order chi connectivity index (χ0) is 15.1. The fraction of sp³-hybridized carbons (Fsp3) is 0.188. The molecule has 0 saturated heterocycles. The Labute approximate surface area is 127 Å². The summed E-state index contributed by atoms with van der Waals surface area (Å²) in [5, 5.41) is 10.5. The molecule has 5 heteroatoms. The van der Waals surface area contributed by atoms with Crippen LogP contribution < -0.4 is 4.74 Å². The van der Waals surface area contributed by atoms with Gasteiger partial charge in [0.15, 0.2) is 0 Å². The molecule has 0 radical (unpaired) electrons. The van der Waals surface area contributed by atoms with E-state index in [9.17, 15) is 4.79 Å². The topological polar surface area (TPSA) is 55.8 Å². The molecule has 4 nitrogen and oxygen atoms in total. The standard InChI is InChI=1S/C16H16O4S/c1-19-14-5-2-12(3-6-14)9-20-10-15-8-13(11-21-15)4-7-16(17)18/h2-8,11H,9-10H2,1H3,(H,17,18). The summed E-state index contributed by atoms with van der Waals surface area (Å²) in [5.41, 5.74) is 1.96. The number of carboxylic acids is 1. The van der Waals surface area contributed by atoms with Crippen LogP contribution >= 0.6 is 11.3 Å². The smallest absolute Gasteiger partial charge is 0.328 e. The average Bonchev–Trinajstić information content (AvgIpc) is 2.94. The molecule has 0 spiro atoms. The van der Waals surface area contributed by atoms with Crippen LogP contribution in [-0.2, 0) is 22.7 Å². The lowest BCUT2D eigenvalue weighted by Crippen LogP contribution is -1.92. The highest BCUT2D eigenvalue weighted by Crippen LogP contribution is 2.18. The number of methoxy groups -OCH3 is 1. The first-order valence-corrected chi connectivity index (χ1v) is 7.24. The number of benzene rings is 1. The Morgan fingerprint density at radius 1 is 1.29 bits per heavy atom. The Hall–Kier alpha value is -2.11. The van der Waals surface area contributed by atoms with Crippen molar-refractivity contribution in [1.82, 2.24) is 0 Å². The summed E-state index contributed by atoms with van der Waals surface area (Å²) < 4.78 is 10.7. The molecular weight excluding hydrogens is 288 g/mol. The second-order valence-corrected chi connectivity index (χ2v) is 5.35. The molecule has 1 heterocycles. The van der Waals surface area contributed by atoms with Crippen LogP contribution in [0.4, 0.5) is 0 Å². The van der Waals surface area contributed by atoms with Crippen molar-refractivity contribution in [2.24, 2.45) is 0 Å². The van der Waals surface area contributed by atoms with Crippen molar-refractivity contribution in [1.29, 1.82) is 0 Å². The summed E-state index contributed by atoms with van der Waals surface area (Å²) in [6, 6.07) is 9.66. The van der Waals surface area contributed by atoms with Crippen molar-refractivity contribution >= 4 is 23.4 Å². The zero-order valence-electron chi connectivity index (χ0n) is 11.6. The second kappa shape index (κ2) is 7.61. The van der Waals surface area contributed by atoms with Crippen LogP contribution in [0, 0.1) is 0 Å². The van der Waals surface area contributed by atoms with Gasteiger partial charge < -0.3 is 14.6 Å². The van der Waals surface area contributed by atoms with Crippen LogP contribution in [0.15, 0.2) is 41.8 Å². The van der Waals surface area contributed by atoms with Crippen molar-refractivity contribution < 1.29 is 19.4 Å². The summed E-state index contributed by atoms with van der Waals surface area (Å²) in [6.07, 6.45) is 2.70. The SMILES string of the molecule is COc1ccc(COCc2cc(C=CC(=O)O)cs2)cc1. The molecule has 0 amide bonds. The van der Waals surface area contributed by atoms with E-state index >= 15 is 0 Å². The Bertz CT molecular complexity index is 613. The third-order valence-electron chi connectivity index (χ3n) is 2.76. The van der Waals surface area contributed by atoms with Gasteiger partial charge in [-0.2, -0.15) is 0 Å². The average molecular weight is 304 g/mol. The number of ether oxygens (including phenoxy) is 2. The molecule has 110 valence electrons. The molecule has 0 aliphatic carbocycles. The van der Waals surface area contributed by atoms with Gasteiger partial charge >= 0.3 is 5.97 Å². The normalized spacial score (nSPS) is 10.9. The molecule has 0 aliphatic heterocycles. The van der Waals surface area contributed by atoms with Crippen LogP contribution in [0.2, 0.25) is 0 Å². The lowest BCUT2D eigenvalue weighted by atomic mass is 10.2. The summed E-state index contributed by atoms with van der Waals surface area (Å²) in [7, 11) is 1.64. The second-order valence-electron chi connectivity index (χ2n) is 4.36. The molecule has 0 bridgehead atoms. The number of hydrogen-bond acceptors (Lipinski definition) is 4. The number of aliphatic carboxylic acids is 1. The van der Waals surface area contributed by atoms with Crippen LogP contribution in [0.25, 0.3) is 6.08 Å². The number of carbonyl (C=O) groups is 1. The lowest BCUT2D eigenvalue weighted by molar-refractivity contribution is -0.131. The van der Waals surface area contributed by atoms with Crippen LogP contribution in [-0.4, -0.2) is 18.2 Å². The van der Waals surface area contributed by atoms with E-state index in [1.807, 2.05) is 35.7 Å². The quantitative estimate of drug-likeness (QED) is 0.795. The molecule has 1 aromatic carbocycles. The molecule has 0 saturated carbocycles. The van der Waals surface area contributed by atoms with E-state index in [4.69, 9.17) is 14.6 Å². The van der Waals surface area contributed by atoms with Crippen molar-refractivity contribution in [2.75, 3.05) is 7.11 Å².